The van der Waals surface area contributed by atoms with Crippen LogP contribution in [-0.4, -0.2) is 28.4 Å². The third-order valence-corrected chi connectivity index (χ3v) is 3.05. The van der Waals surface area contributed by atoms with Crippen molar-refractivity contribution in [3.8, 4) is 0 Å². The molecule has 0 radical (unpaired) electrons. The fourth-order valence-electron chi connectivity index (χ4n) is 1.66. The maximum absolute atomic E-state index is 13.5. The Morgan fingerprint density at radius 1 is 1.38 bits per heavy atom. The average molecular weight is 354 g/mol. The summed E-state index contributed by atoms with van der Waals surface area (Å²) >= 11 is 5.71. The van der Waals surface area contributed by atoms with Crippen LogP contribution in [0.1, 0.15) is 10.4 Å². The van der Waals surface area contributed by atoms with Gasteiger partial charge in [0.1, 0.15) is 11.0 Å². The summed E-state index contributed by atoms with van der Waals surface area (Å²) in [5, 5.41) is 12.6. The quantitative estimate of drug-likeness (QED) is 0.382. The van der Waals surface area contributed by atoms with Crippen molar-refractivity contribution in [3.63, 3.8) is 0 Å². The van der Waals surface area contributed by atoms with E-state index < -0.39 is 40.6 Å². The van der Waals surface area contributed by atoms with E-state index in [1.165, 1.54) is 18.3 Å². The van der Waals surface area contributed by atoms with Gasteiger partial charge in [0.2, 0.25) is 0 Å². The van der Waals surface area contributed by atoms with Crippen LogP contribution in [0, 0.1) is 15.9 Å². The molecule has 0 atom stereocenters. The normalized spacial score (nSPS) is 10.1. The number of amides is 1. The number of benzene rings is 1. The highest BCUT2D eigenvalue weighted by Gasteiger charge is 2.16. The summed E-state index contributed by atoms with van der Waals surface area (Å²) in [5.74, 6) is -2.62. The standard InChI is InChI=1S/C14H9ClFN3O5/c15-13-9(2-1-5-17-13)14(21)24-7-12(20)18-11-6-8(19(22)23)3-4-10(11)16/h1-6H,7H2,(H,18,20). The zero-order valence-corrected chi connectivity index (χ0v) is 12.6. The number of hydrogen-bond donors (Lipinski definition) is 1. The van der Waals surface area contributed by atoms with E-state index in [1.54, 1.807) is 0 Å². The van der Waals surface area contributed by atoms with Gasteiger partial charge in [-0.25, -0.2) is 14.2 Å². The SMILES string of the molecule is O=C(COC(=O)c1cccnc1Cl)Nc1cc([N+](=O)[O-])ccc1F. The first-order chi connectivity index (χ1) is 11.4. The summed E-state index contributed by atoms with van der Waals surface area (Å²) in [4.78, 5) is 37.0. The van der Waals surface area contributed by atoms with Gasteiger partial charge < -0.3 is 10.1 Å². The highest BCUT2D eigenvalue weighted by atomic mass is 35.5. The summed E-state index contributed by atoms with van der Waals surface area (Å²) in [6, 6.07) is 5.47. The number of non-ortho nitro benzene ring substituents is 1. The van der Waals surface area contributed by atoms with Crippen LogP contribution < -0.4 is 5.32 Å². The van der Waals surface area contributed by atoms with Crippen molar-refractivity contribution in [2.45, 2.75) is 0 Å². The number of aromatic nitrogens is 1. The Balaban J connectivity index is 1.99. The van der Waals surface area contributed by atoms with Crippen molar-refractivity contribution < 1.29 is 23.6 Å². The van der Waals surface area contributed by atoms with Gasteiger partial charge in [-0.05, 0) is 18.2 Å². The molecule has 1 N–H and O–H groups in total. The second-order valence-electron chi connectivity index (χ2n) is 4.39. The van der Waals surface area contributed by atoms with E-state index in [4.69, 9.17) is 16.3 Å². The van der Waals surface area contributed by atoms with Gasteiger partial charge in [-0.15, -0.1) is 0 Å². The number of rotatable bonds is 5. The Labute approximate surface area is 139 Å². The molecule has 1 aromatic carbocycles. The first-order valence-electron chi connectivity index (χ1n) is 6.40. The minimum Gasteiger partial charge on any atom is -0.452 e. The molecule has 1 aromatic heterocycles. The molecule has 1 heterocycles. The molecule has 0 saturated carbocycles. The highest BCUT2D eigenvalue weighted by Crippen LogP contribution is 2.21. The van der Waals surface area contributed by atoms with E-state index in [2.05, 4.69) is 10.3 Å². The lowest BCUT2D eigenvalue weighted by Gasteiger charge is -2.08. The summed E-state index contributed by atoms with van der Waals surface area (Å²) in [6.07, 6.45) is 1.37. The Kier molecular flexibility index (Phi) is 5.38. The number of hydrogen-bond acceptors (Lipinski definition) is 6. The fourth-order valence-corrected chi connectivity index (χ4v) is 1.85. The van der Waals surface area contributed by atoms with Crippen molar-refractivity contribution in [1.82, 2.24) is 4.98 Å². The molecule has 0 saturated heterocycles. The number of nitro benzene ring substituents is 1. The minimum atomic E-state index is -0.886. The topological polar surface area (TPSA) is 111 Å². The number of anilines is 1. The molecule has 124 valence electrons. The number of nitrogens with zero attached hydrogens (tertiary/aromatic N) is 2. The second-order valence-corrected chi connectivity index (χ2v) is 4.75. The number of esters is 1. The first kappa shape index (κ1) is 17.3. The largest absolute Gasteiger partial charge is 0.452 e. The monoisotopic (exact) mass is 353 g/mol. The summed E-state index contributed by atoms with van der Waals surface area (Å²) < 4.78 is 18.3. The maximum Gasteiger partial charge on any atom is 0.341 e. The van der Waals surface area contributed by atoms with E-state index >= 15 is 0 Å². The Hall–Kier alpha value is -3.07. The van der Waals surface area contributed by atoms with Gasteiger partial charge in [0.25, 0.3) is 11.6 Å². The van der Waals surface area contributed by atoms with E-state index in [0.29, 0.717) is 0 Å². The summed E-state index contributed by atoms with van der Waals surface area (Å²) in [7, 11) is 0. The van der Waals surface area contributed by atoms with Gasteiger partial charge in [-0.1, -0.05) is 11.6 Å². The molecule has 24 heavy (non-hydrogen) atoms. The van der Waals surface area contributed by atoms with Crippen LogP contribution in [0.3, 0.4) is 0 Å². The van der Waals surface area contributed by atoms with E-state index in [9.17, 15) is 24.1 Å². The molecule has 8 nitrogen and oxygen atoms in total. The number of nitro groups is 1. The molecule has 0 bridgehead atoms. The van der Waals surface area contributed by atoms with E-state index in [0.717, 1.165) is 18.2 Å². The van der Waals surface area contributed by atoms with Crippen LogP contribution in [-0.2, 0) is 9.53 Å². The summed E-state index contributed by atoms with van der Waals surface area (Å²) in [6.45, 7) is -0.730. The van der Waals surface area contributed by atoms with Crippen molar-refractivity contribution in [3.05, 3.63) is 63.2 Å². The fraction of sp³-hybridized carbons (Fsp3) is 0.0714. The number of halogens is 2. The number of carbonyl (C=O) groups excluding carboxylic acids is 2. The number of ether oxygens (including phenoxy) is 1. The van der Waals surface area contributed by atoms with Gasteiger partial charge in [0, 0.05) is 18.3 Å². The van der Waals surface area contributed by atoms with Gasteiger partial charge >= 0.3 is 5.97 Å². The lowest BCUT2D eigenvalue weighted by molar-refractivity contribution is -0.384. The molecule has 2 rings (SSSR count). The second kappa shape index (κ2) is 7.47. The number of nitrogens with one attached hydrogen (secondary N) is 1. The smallest absolute Gasteiger partial charge is 0.341 e. The zero-order chi connectivity index (χ0) is 17.7. The Morgan fingerprint density at radius 2 is 2.12 bits per heavy atom. The molecule has 1 amide bonds. The molecule has 0 aliphatic carbocycles. The van der Waals surface area contributed by atoms with Crippen LogP contribution >= 0.6 is 11.6 Å². The third-order valence-electron chi connectivity index (χ3n) is 2.75. The first-order valence-corrected chi connectivity index (χ1v) is 6.77. The maximum atomic E-state index is 13.5. The van der Waals surface area contributed by atoms with Gasteiger partial charge in [-0.3, -0.25) is 14.9 Å². The molecule has 0 unspecified atom stereocenters. The van der Waals surface area contributed by atoms with Crippen LogP contribution in [0.4, 0.5) is 15.8 Å². The lowest BCUT2D eigenvalue weighted by Crippen LogP contribution is -2.21. The molecule has 0 aliphatic rings. The lowest BCUT2D eigenvalue weighted by atomic mass is 10.2. The van der Waals surface area contributed by atoms with Crippen LogP contribution in [0.5, 0.6) is 0 Å². The van der Waals surface area contributed by atoms with Crippen molar-refractivity contribution >= 4 is 34.9 Å². The zero-order valence-electron chi connectivity index (χ0n) is 11.9. The van der Waals surface area contributed by atoms with E-state index in [1.807, 2.05) is 0 Å². The molecular weight excluding hydrogens is 345 g/mol. The summed E-state index contributed by atoms with van der Waals surface area (Å²) in [5.41, 5.74) is -0.830. The van der Waals surface area contributed by atoms with Crippen molar-refractivity contribution in [1.29, 1.82) is 0 Å². The van der Waals surface area contributed by atoms with Gasteiger partial charge in [-0.2, -0.15) is 0 Å². The van der Waals surface area contributed by atoms with Gasteiger partial charge in [0.15, 0.2) is 6.61 Å². The average Bonchev–Trinajstić information content (AvgIpc) is 2.55. The van der Waals surface area contributed by atoms with E-state index in [-0.39, 0.29) is 10.7 Å². The molecule has 2 aromatic rings. The highest BCUT2D eigenvalue weighted by molar-refractivity contribution is 6.32. The van der Waals surface area contributed by atoms with Crippen LogP contribution in [0.2, 0.25) is 5.15 Å². The van der Waals surface area contributed by atoms with Crippen molar-refractivity contribution in [2.24, 2.45) is 0 Å². The predicted octanol–water partition coefficient (Wildman–Crippen LogP) is 2.58. The van der Waals surface area contributed by atoms with Crippen molar-refractivity contribution in [2.75, 3.05) is 11.9 Å². The molecule has 0 spiro atoms. The van der Waals surface area contributed by atoms with Gasteiger partial charge in [0.05, 0.1) is 16.2 Å². The predicted molar refractivity (Wildman–Crippen MR) is 81.2 cm³/mol. The Bertz CT molecular complexity index is 815. The minimum absolute atomic E-state index is 0.0338. The number of carbonyl (C=O) groups is 2. The Morgan fingerprint density at radius 3 is 2.79 bits per heavy atom. The van der Waals surface area contributed by atoms with Crippen LogP contribution in [0.15, 0.2) is 36.5 Å². The van der Waals surface area contributed by atoms with Crippen LogP contribution in [0.25, 0.3) is 0 Å². The molecule has 10 heteroatoms. The third kappa shape index (κ3) is 4.23. The molecule has 0 fully saturated rings. The number of pyridine rings is 1. The molecular formula is C14H9ClFN3O5. The molecule has 0 aliphatic heterocycles.